The first-order valence-corrected chi connectivity index (χ1v) is 11.5. The number of nitriles is 1. The number of benzene rings is 4. The van der Waals surface area contributed by atoms with E-state index < -0.39 is 5.91 Å². The lowest BCUT2D eigenvalue weighted by molar-refractivity contribution is -0.112. The summed E-state index contributed by atoms with van der Waals surface area (Å²) in [7, 11) is 1.55. The SMILES string of the molecule is CCOc1cccc(NC(=O)/C(C#N)=C\c2ccc(OCc3ccc4ccccc4c3)c(OC)c2)c1. The second kappa shape index (κ2) is 11.6. The minimum atomic E-state index is -0.512. The molecule has 0 radical (unpaired) electrons. The predicted octanol–water partition coefficient (Wildman–Crippen LogP) is 6.37. The van der Waals surface area contributed by atoms with E-state index in [0.29, 0.717) is 41.7 Å². The van der Waals surface area contributed by atoms with Gasteiger partial charge in [-0.2, -0.15) is 5.26 Å². The normalized spacial score (nSPS) is 11.0. The highest BCUT2D eigenvalue weighted by molar-refractivity contribution is 6.09. The Hall–Kier alpha value is -4.76. The summed E-state index contributed by atoms with van der Waals surface area (Å²) < 4.78 is 17.0. The molecule has 4 aromatic rings. The molecule has 0 fully saturated rings. The zero-order chi connectivity index (χ0) is 25.3. The van der Waals surface area contributed by atoms with Gasteiger partial charge in [-0.1, -0.05) is 48.5 Å². The highest BCUT2D eigenvalue weighted by Crippen LogP contribution is 2.30. The van der Waals surface area contributed by atoms with E-state index in [1.54, 1.807) is 49.6 Å². The Morgan fingerprint density at radius 2 is 1.75 bits per heavy atom. The Bertz CT molecular complexity index is 1450. The van der Waals surface area contributed by atoms with Gasteiger partial charge in [-0.25, -0.2) is 0 Å². The van der Waals surface area contributed by atoms with E-state index in [9.17, 15) is 10.1 Å². The number of fused-ring (bicyclic) bond motifs is 1. The van der Waals surface area contributed by atoms with E-state index >= 15 is 0 Å². The molecule has 36 heavy (non-hydrogen) atoms. The number of carbonyl (C=O) groups is 1. The van der Waals surface area contributed by atoms with E-state index in [-0.39, 0.29) is 5.57 Å². The van der Waals surface area contributed by atoms with E-state index in [0.717, 1.165) is 10.9 Å². The van der Waals surface area contributed by atoms with Crippen LogP contribution in [0, 0.1) is 11.3 Å². The fraction of sp³-hybridized carbons (Fsp3) is 0.133. The van der Waals surface area contributed by atoms with Gasteiger partial charge in [0.05, 0.1) is 13.7 Å². The van der Waals surface area contributed by atoms with Crippen LogP contribution in [0.15, 0.2) is 90.5 Å². The molecule has 0 atom stereocenters. The van der Waals surface area contributed by atoms with Gasteiger partial charge in [0, 0.05) is 11.8 Å². The Morgan fingerprint density at radius 3 is 2.53 bits per heavy atom. The third kappa shape index (κ3) is 6.02. The first-order chi connectivity index (χ1) is 17.6. The molecule has 0 aromatic heterocycles. The number of ether oxygens (including phenoxy) is 3. The summed E-state index contributed by atoms with van der Waals surface area (Å²) in [6, 6.07) is 28.6. The van der Waals surface area contributed by atoms with Crippen molar-refractivity contribution in [1.29, 1.82) is 5.26 Å². The maximum absolute atomic E-state index is 12.7. The third-order valence-corrected chi connectivity index (χ3v) is 5.47. The largest absolute Gasteiger partial charge is 0.494 e. The quantitative estimate of drug-likeness (QED) is 0.223. The number of nitrogens with one attached hydrogen (secondary N) is 1. The summed E-state index contributed by atoms with van der Waals surface area (Å²) in [5, 5.41) is 14.6. The van der Waals surface area contributed by atoms with Crippen molar-refractivity contribution in [3.05, 3.63) is 102 Å². The van der Waals surface area contributed by atoms with Crippen LogP contribution in [0.3, 0.4) is 0 Å². The van der Waals surface area contributed by atoms with Crippen LogP contribution in [0.25, 0.3) is 16.8 Å². The van der Waals surface area contributed by atoms with Gasteiger partial charge in [-0.15, -0.1) is 0 Å². The monoisotopic (exact) mass is 478 g/mol. The maximum Gasteiger partial charge on any atom is 0.266 e. The van der Waals surface area contributed by atoms with Gasteiger partial charge in [0.1, 0.15) is 24.0 Å². The smallest absolute Gasteiger partial charge is 0.266 e. The molecule has 0 unspecified atom stereocenters. The van der Waals surface area contributed by atoms with Crippen molar-refractivity contribution in [2.75, 3.05) is 19.0 Å². The fourth-order valence-electron chi connectivity index (χ4n) is 3.73. The van der Waals surface area contributed by atoms with E-state index in [4.69, 9.17) is 14.2 Å². The lowest BCUT2D eigenvalue weighted by atomic mass is 10.1. The van der Waals surface area contributed by atoms with Crippen LogP contribution in [0.4, 0.5) is 5.69 Å². The molecular formula is C30H26N2O4. The van der Waals surface area contributed by atoms with Crippen LogP contribution in [0.1, 0.15) is 18.1 Å². The Labute approximate surface area is 210 Å². The molecule has 0 aliphatic carbocycles. The standard InChI is InChI=1S/C30H26N2O4/c1-3-35-27-10-6-9-26(18-27)32-30(33)25(19-31)15-21-12-14-28(29(17-21)34-2)36-20-22-11-13-23-7-4-5-8-24(23)16-22/h4-18H,3,20H2,1-2H3,(H,32,33)/b25-15-. The second-order valence-corrected chi connectivity index (χ2v) is 7.97. The van der Waals surface area contributed by atoms with Gasteiger partial charge in [-0.05, 0) is 65.2 Å². The minimum absolute atomic E-state index is 0.0382. The number of nitrogens with zero attached hydrogens (tertiary/aromatic N) is 1. The lowest BCUT2D eigenvalue weighted by Gasteiger charge is -2.12. The van der Waals surface area contributed by atoms with Crippen LogP contribution in [0.5, 0.6) is 17.2 Å². The van der Waals surface area contributed by atoms with E-state index in [1.807, 2.05) is 31.2 Å². The van der Waals surface area contributed by atoms with Gasteiger partial charge in [-0.3, -0.25) is 4.79 Å². The minimum Gasteiger partial charge on any atom is -0.494 e. The first-order valence-electron chi connectivity index (χ1n) is 11.5. The van der Waals surface area contributed by atoms with Gasteiger partial charge in [0.2, 0.25) is 0 Å². The summed E-state index contributed by atoms with van der Waals surface area (Å²) in [5.74, 6) is 1.20. The Morgan fingerprint density at radius 1 is 0.917 bits per heavy atom. The topological polar surface area (TPSA) is 80.6 Å². The average molecular weight is 479 g/mol. The maximum atomic E-state index is 12.7. The highest BCUT2D eigenvalue weighted by atomic mass is 16.5. The van der Waals surface area contributed by atoms with Crippen LogP contribution in [-0.2, 0) is 11.4 Å². The van der Waals surface area contributed by atoms with Crippen molar-refractivity contribution in [1.82, 2.24) is 0 Å². The molecule has 4 aromatic carbocycles. The summed E-state index contributed by atoms with van der Waals surface area (Å²) in [4.78, 5) is 12.7. The summed E-state index contributed by atoms with van der Waals surface area (Å²) in [6.45, 7) is 2.78. The fourth-order valence-corrected chi connectivity index (χ4v) is 3.73. The van der Waals surface area contributed by atoms with Crippen LogP contribution in [0.2, 0.25) is 0 Å². The van der Waals surface area contributed by atoms with Gasteiger partial charge >= 0.3 is 0 Å². The number of hydrogen-bond acceptors (Lipinski definition) is 5. The van der Waals surface area contributed by atoms with Gasteiger partial charge < -0.3 is 19.5 Å². The van der Waals surface area contributed by atoms with Crippen LogP contribution in [-0.4, -0.2) is 19.6 Å². The van der Waals surface area contributed by atoms with Crippen molar-refractivity contribution in [2.45, 2.75) is 13.5 Å². The molecule has 0 saturated carbocycles. The molecule has 6 nitrogen and oxygen atoms in total. The number of amides is 1. The Balaban J connectivity index is 1.47. The number of anilines is 1. The molecule has 1 N–H and O–H groups in total. The second-order valence-electron chi connectivity index (χ2n) is 7.97. The molecule has 180 valence electrons. The number of rotatable bonds is 9. The van der Waals surface area contributed by atoms with Crippen molar-refractivity contribution < 1.29 is 19.0 Å². The molecule has 0 aliphatic heterocycles. The summed E-state index contributed by atoms with van der Waals surface area (Å²) >= 11 is 0. The lowest BCUT2D eigenvalue weighted by Crippen LogP contribution is -2.13. The molecule has 0 heterocycles. The average Bonchev–Trinajstić information content (AvgIpc) is 2.91. The van der Waals surface area contributed by atoms with Crippen LogP contribution < -0.4 is 19.5 Å². The summed E-state index contributed by atoms with van der Waals surface area (Å²) in [5.41, 5.74) is 2.18. The molecule has 0 aliphatic rings. The van der Waals surface area contributed by atoms with Crippen molar-refractivity contribution in [2.24, 2.45) is 0 Å². The third-order valence-electron chi connectivity index (χ3n) is 5.47. The molecule has 6 heteroatoms. The van der Waals surface area contributed by atoms with Gasteiger partial charge in [0.15, 0.2) is 11.5 Å². The molecular weight excluding hydrogens is 452 g/mol. The van der Waals surface area contributed by atoms with Crippen molar-refractivity contribution >= 4 is 28.4 Å². The van der Waals surface area contributed by atoms with Gasteiger partial charge in [0.25, 0.3) is 5.91 Å². The Kier molecular flexibility index (Phi) is 7.84. The number of carbonyl (C=O) groups excluding carboxylic acids is 1. The first kappa shape index (κ1) is 24.4. The summed E-state index contributed by atoms with van der Waals surface area (Å²) in [6.07, 6.45) is 1.51. The molecule has 4 rings (SSSR count). The van der Waals surface area contributed by atoms with Crippen molar-refractivity contribution in [3.8, 4) is 23.3 Å². The highest BCUT2D eigenvalue weighted by Gasteiger charge is 2.12. The number of methoxy groups -OCH3 is 1. The molecule has 0 saturated heterocycles. The molecule has 0 spiro atoms. The molecule has 0 bridgehead atoms. The van der Waals surface area contributed by atoms with Crippen molar-refractivity contribution in [3.63, 3.8) is 0 Å². The zero-order valence-corrected chi connectivity index (χ0v) is 20.2. The van der Waals surface area contributed by atoms with E-state index in [2.05, 4.69) is 29.6 Å². The predicted molar refractivity (Wildman–Crippen MR) is 141 cm³/mol. The van der Waals surface area contributed by atoms with E-state index in [1.165, 1.54) is 11.5 Å². The van der Waals surface area contributed by atoms with Crippen LogP contribution >= 0.6 is 0 Å². The number of hydrogen-bond donors (Lipinski definition) is 1. The zero-order valence-electron chi connectivity index (χ0n) is 20.2. The molecule has 1 amide bonds.